The second-order valence-electron chi connectivity index (χ2n) is 5.59. The van der Waals surface area contributed by atoms with Gasteiger partial charge in [0.1, 0.15) is 0 Å². The second kappa shape index (κ2) is 8.94. The smallest absolute Gasteiger partial charge is 0.237 e. The van der Waals surface area contributed by atoms with Crippen molar-refractivity contribution in [2.24, 2.45) is 0 Å². The van der Waals surface area contributed by atoms with E-state index in [0.717, 1.165) is 24.1 Å². The van der Waals surface area contributed by atoms with Gasteiger partial charge in [-0.05, 0) is 48.4 Å². The van der Waals surface area contributed by atoms with Gasteiger partial charge in [-0.1, -0.05) is 35.3 Å². The van der Waals surface area contributed by atoms with Gasteiger partial charge in [0.05, 0.1) is 16.2 Å². The largest absolute Gasteiger partial charge is 0.434 e. The SMILES string of the molecule is Fc1cc(CNCCc2ccc(Cl)c(Cl)c2)ccc1Oc1cnccn1. The van der Waals surface area contributed by atoms with Crippen molar-refractivity contribution in [1.82, 2.24) is 15.3 Å². The van der Waals surface area contributed by atoms with Crippen LogP contribution < -0.4 is 10.1 Å². The quantitative estimate of drug-likeness (QED) is 0.572. The first-order valence-electron chi connectivity index (χ1n) is 7.99. The van der Waals surface area contributed by atoms with Crippen LogP contribution in [-0.2, 0) is 13.0 Å². The lowest BCUT2D eigenvalue weighted by Crippen LogP contribution is -2.16. The third kappa shape index (κ3) is 5.14. The number of nitrogens with one attached hydrogen (secondary N) is 1. The Bertz CT molecular complexity index is 878. The Hall–Kier alpha value is -2.21. The summed E-state index contributed by atoms with van der Waals surface area (Å²) in [5, 5.41) is 4.37. The van der Waals surface area contributed by atoms with Gasteiger partial charge in [0.15, 0.2) is 11.6 Å². The first kappa shape index (κ1) is 18.6. The molecule has 2 aromatic carbocycles. The summed E-state index contributed by atoms with van der Waals surface area (Å²) in [6.45, 7) is 1.28. The average Bonchev–Trinajstić information content (AvgIpc) is 2.65. The van der Waals surface area contributed by atoms with E-state index in [2.05, 4.69) is 15.3 Å². The summed E-state index contributed by atoms with van der Waals surface area (Å²) in [4.78, 5) is 7.83. The van der Waals surface area contributed by atoms with Crippen LogP contribution in [0.25, 0.3) is 0 Å². The molecule has 0 aliphatic rings. The number of hydrogen-bond acceptors (Lipinski definition) is 4. The molecule has 4 nitrogen and oxygen atoms in total. The third-order valence-electron chi connectivity index (χ3n) is 3.65. The minimum absolute atomic E-state index is 0.116. The van der Waals surface area contributed by atoms with E-state index >= 15 is 0 Å². The van der Waals surface area contributed by atoms with E-state index in [1.165, 1.54) is 24.7 Å². The third-order valence-corrected chi connectivity index (χ3v) is 4.39. The zero-order valence-electron chi connectivity index (χ0n) is 13.8. The van der Waals surface area contributed by atoms with Gasteiger partial charge in [0, 0.05) is 18.9 Å². The highest BCUT2D eigenvalue weighted by Gasteiger charge is 2.07. The van der Waals surface area contributed by atoms with Crippen molar-refractivity contribution < 1.29 is 9.13 Å². The Morgan fingerprint density at radius 1 is 1.00 bits per heavy atom. The van der Waals surface area contributed by atoms with E-state index in [4.69, 9.17) is 27.9 Å². The summed E-state index contributed by atoms with van der Waals surface area (Å²) in [7, 11) is 0. The van der Waals surface area contributed by atoms with Gasteiger partial charge in [-0.2, -0.15) is 0 Å². The predicted octanol–water partition coefficient (Wildman–Crippen LogP) is 5.05. The molecule has 0 radical (unpaired) electrons. The molecule has 1 heterocycles. The Morgan fingerprint density at radius 3 is 2.58 bits per heavy atom. The lowest BCUT2D eigenvalue weighted by atomic mass is 10.1. The van der Waals surface area contributed by atoms with Crippen molar-refractivity contribution in [2.75, 3.05) is 6.54 Å². The number of hydrogen-bond donors (Lipinski definition) is 1. The normalized spacial score (nSPS) is 10.7. The maximum atomic E-state index is 14.2. The van der Waals surface area contributed by atoms with E-state index < -0.39 is 5.82 Å². The lowest BCUT2D eigenvalue weighted by molar-refractivity contribution is 0.424. The summed E-state index contributed by atoms with van der Waals surface area (Å²) in [6.07, 6.45) is 5.24. The number of aromatic nitrogens is 2. The fraction of sp³-hybridized carbons (Fsp3) is 0.158. The molecule has 7 heteroatoms. The van der Waals surface area contributed by atoms with Crippen LogP contribution >= 0.6 is 23.2 Å². The Balaban J connectivity index is 1.50. The molecule has 0 saturated carbocycles. The molecule has 0 amide bonds. The molecule has 1 N–H and O–H groups in total. The number of rotatable bonds is 7. The molecule has 3 rings (SSSR count). The van der Waals surface area contributed by atoms with E-state index in [1.54, 1.807) is 18.2 Å². The fourth-order valence-electron chi connectivity index (χ4n) is 2.35. The molecule has 0 aliphatic heterocycles. The average molecular weight is 392 g/mol. The van der Waals surface area contributed by atoms with Gasteiger partial charge >= 0.3 is 0 Å². The highest BCUT2D eigenvalue weighted by Crippen LogP contribution is 2.24. The summed E-state index contributed by atoms with van der Waals surface area (Å²) >= 11 is 11.9. The Kier molecular flexibility index (Phi) is 6.39. The number of halogens is 3. The topological polar surface area (TPSA) is 47.0 Å². The molecule has 0 saturated heterocycles. The summed E-state index contributed by atoms with van der Waals surface area (Å²) in [5.74, 6) is -0.0802. The molecule has 26 heavy (non-hydrogen) atoms. The zero-order valence-corrected chi connectivity index (χ0v) is 15.3. The van der Waals surface area contributed by atoms with Gasteiger partial charge in [0.2, 0.25) is 5.88 Å². The molecule has 0 fully saturated rings. The summed E-state index contributed by atoms with van der Waals surface area (Å²) in [5.41, 5.74) is 1.91. The van der Waals surface area contributed by atoms with Crippen LogP contribution in [0.3, 0.4) is 0 Å². The molecule has 0 unspecified atom stereocenters. The first-order chi connectivity index (χ1) is 12.6. The minimum Gasteiger partial charge on any atom is -0.434 e. The molecule has 0 aliphatic carbocycles. The van der Waals surface area contributed by atoms with Crippen molar-refractivity contribution in [3.63, 3.8) is 0 Å². The van der Waals surface area contributed by atoms with Gasteiger partial charge < -0.3 is 10.1 Å². The molecule has 3 aromatic rings. The molecule has 0 spiro atoms. The highest BCUT2D eigenvalue weighted by molar-refractivity contribution is 6.42. The van der Waals surface area contributed by atoms with Crippen LogP contribution in [0.4, 0.5) is 4.39 Å². The Morgan fingerprint density at radius 2 is 1.85 bits per heavy atom. The fourth-order valence-corrected chi connectivity index (χ4v) is 2.67. The molecule has 134 valence electrons. The van der Waals surface area contributed by atoms with E-state index in [-0.39, 0.29) is 11.6 Å². The number of nitrogens with zero attached hydrogens (tertiary/aromatic N) is 2. The van der Waals surface area contributed by atoms with Crippen LogP contribution in [-0.4, -0.2) is 16.5 Å². The second-order valence-corrected chi connectivity index (χ2v) is 6.40. The van der Waals surface area contributed by atoms with E-state index in [1.807, 2.05) is 12.1 Å². The van der Waals surface area contributed by atoms with Crippen molar-refractivity contribution in [3.8, 4) is 11.6 Å². The number of benzene rings is 2. The first-order valence-corrected chi connectivity index (χ1v) is 8.74. The maximum absolute atomic E-state index is 14.2. The molecular formula is C19H16Cl2FN3O. The van der Waals surface area contributed by atoms with Gasteiger partial charge in [-0.25, -0.2) is 9.37 Å². The molecule has 1 aromatic heterocycles. The van der Waals surface area contributed by atoms with Gasteiger partial charge in [-0.3, -0.25) is 4.98 Å². The van der Waals surface area contributed by atoms with Crippen molar-refractivity contribution in [1.29, 1.82) is 0 Å². The van der Waals surface area contributed by atoms with Crippen LogP contribution in [0.1, 0.15) is 11.1 Å². The van der Waals surface area contributed by atoms with Crippen LogP contribution in [0.5, 0.6) is 11.6 Å². The van der Waals surface area contributed by atoms with E-state index in [0.29, 0.717) is 16.6 Å². The predicted molar refractivity (Wildman–Crippen MR) is 100 cm³/mol. The molecular weight excluding hydrogens is 376 g/mol. The molecule has 0 atom stereocenters. The summed E-state index contributed by atoms with van der Waals surface area (Å²) in [6, 6.07) is 10.4. The summed E-state index contributed by atoms with van der Waals surface area (Å²) < 4.78 is 19.5. The zero-order chi connectivity index (χ0) is 18.4. The Labute approximate surface area is 161 Å². The van der Waals surface area contributed by atoms with Crippen LogP contribution in [0.2, 0.25) is 10.0 Å². The van der Waals surface area contributed by atoms with Crippen molar-refractivity contribution in [3.05, 3.63) is 82.0 Å². The van der Waals surface area contributed by atoms with Crippen LogP contribution in [0.15, 0.2) is 55.0 Å². The number of ether oxygens (including phenoxy) is 1. The van der Waals surface area contributed by atoms with Crippen LogP contribution in [0, 0.1) is 5.82 Å². The van der Waals surface area contributed by atoms with E-state index in [9.17, 15) is 4.39 Å². The minimum atomic E-state index is -0.445. The highest BCUT2D eigenvalue weighted by atomic mass is 35.5. The van der Waals surface area contributed by atoms with Crippen molar-refractivity contribution >= 4 is 23.2 Å². The van der Waals surface area contributed by atoms with Gasteiger partial charge in [-0.15, -0.1) is 0 Å². The van der Waals surface area contributed by atoms with Crippen molar-refractivity contribution in [2.45, 2.75) is 13.0 Å². The standard InChI is InChI=1S/C19H16Cl2FN3O/c20-15-3-1-13(9-16(15)21)5-6-23-11-14-2-4-18(17(22)10-14)26-19-12-24-7-8-25-19/h1-4,7-10,12,23H,5-6,11H2. The monoisotopic (exact) mass is 391 g/mol. The molecule has 0 bridgehead atoms. The van der Waals surface area contributed by atoms with Gasteiger partial charge in [0.25, 0.3) is 0 Å². The lowest BCUT2D eigenvalue weighted by Gasteiger charge is -2.09. The maximum Gasteiger partial charge on any atom is 0.237 e.